The van der Waals surface area contributed by atoms with Crippen LogP contribution in [0.1, 0.15) is 18.4 Å². The number of methoxy groups -OCH3 is 1. The summed E-state index contributed by atoms with van der Waals surface area (Å²) in [6.45, 7) is 0.911. The highest BCUT2D eigenvalue weighted by Gasteiger charge is 2.44. The number of carbonyl (C=O) groups excluding carboxylic acids is 2. The second kappa shape index (κ2) is 8.47. The minimum atomic E-state index is -0.996. The Labute approximate surface area is 178 Å². The van der Waals surface area contributed by atoms with Gasteiger partial charge in [0, 0.05) is 25.8 Å². The predicted octanol–water partition coefficient (Wildman–Crippen LogP) is 2.96. The topological polar surface area (TPSA) is 70.1 Å². The zero-order valence-electron chi connectivity index (χ0n) is 17.0. The van der Waals surface area contributed by atoms with Crippen LogP contribution in [0.3, 0.4) is 0 Å². The van der Waals surface area contributed by atoms with E-state index in [1.165, 1.54) is 7.11 Å². The maximum Gasteiger partial charge on any atom is 0.282 e. The average molecular weight is 428 g/mol. The smallest absolute Gasteiger partial charge is 0.282 e. The third-order valence-corrected chi connectivity index (χ3v) is 5.68. The third-order valence-electron chi connectivity index (χ3n) is 5.68. The molecule has 2 aliphatic rings. The molecule has 0 spiro atoms. The lowest BCUT2D eigenvalue weighted by molar-refractivity contribution is -0.121. The van der Waals surface area contributed by atoms with Gasteiger partial charge in [-0.15, -0.1) is 0 Å². The normalized spacial score (nSPS) is 19.4. The first-order chi connectivity index (χ1) is 14.9. The molecule has 1 atom stereocenters. The number of aliphatic hydroxyl groups is 1. The van der Waals surface area contributed by atoms with Crippen molar-refractivity contribution in [2.24, 2.45) is 5.92 Å². The number of halogens is 2. The summed E-state index contributed by atoms with van der Waals surface area (Å²) in [5.74, 6) is -2.59. The van der Waals surface area contributed by atoms with Crippen molar-refractivity contribution in [1.29, 1.82) is 0 Å². The summed E-state index contributed by atoms with van der Waals surface area (Å²) >= 11 is 0. The number of ether oxygens (including phenoxy) is 1. The first-order valence-electron chi connectivity index (χ1n) is 10.0. The molecule has 0 aliphatic carbocycles. The predicted molar refractivity (Wildman–Crippen MR) is 110 cm³/mol. The van der Waals surface area contributed by atoms with E-state index in [1.807, 2.05) is 0 Å². The molecule has 0 bridgehead atoms. The molecular formula is C23H22F2N2O4. The minimum absolute atomic E-state index is 0.0277. The van der Waals surface area contributed by atoms with Gasteiger partial charge >= 0.3 is 0 Å². The van der Waals surface area contributed by atoms with Crippen LogP contribution in [0.25, 0.3) is 5.57 Å². The number of nitrogens with zero attached hydrogens (tertiary/aromatic N) is 2. The molecule has 162 valence electrons. The molecule has 6 nitrogen and oxygen atoms in total. The Kier molecular flexibility index (Phi) is 5.73. The van der Waals surface area contributed by atoms with Crippen LogP contribution in [0, 0.1) is 17.6 Å². The average Bonchev–Trinajstić information content (AvgIpc) is 3.04. The molecule has 31 heavy (non-hydrogen) atoms. The van der Waals surface area contributed by atoms with Crippen molar-refractivity contribution in [3.05, 3.63) is 65.4 Å². The van der Waals surface area contributed by atoms with E-state index in [2.05, 4.69) is 0 Å². The van der Waals surface area contributed by atoms with Crippen molar-refractivity contribution < 1.29 is 28.2 Å². The molecule has 1 unspecified atom stereocenters. The molecule has 1 saturated heterocycles. The van der Waals surface area contributed by atoms with Crippen LogP contribution in [-0.4, -0.2) is 48.6 Å². The minimum Gasteiger partial charge on any atom is -0.497 e. The molecule has 1 fully saturated rings. The summed E-state index contributed by atoms with van der Waals surface area (Å²) in [5.41, 5.74) is 0.505. The third kappa shape index (κ3) is 3.79. The van der Waals surface area contributed by atoms with Gasteiger partial charge in [0.1, 0.15) is 23.1 Å². The number of benzene rings is 2. The summed E-state index contributed by atoms with van der Waals surface area (Å²) in [6, 6.07) is 9.41. The summed E-state index contributed by atoms with van der Waals surface area (Å²) < 4.78 is 33.1. The van der Waals surface area contributed by atoms with E-state index >= 15 is 0 Å². The van der Waals surface area contributed by atoms with Gasteiger partial charge in [0.05, 0.1) is 18.4 Å². The molecule has 1 N–H and O–H groups in total. The Morgan fingerprint density at radius 1 is 1.10 bits per heavy atom. The number of rotatable bonds is 5. The summed E-state index contributed by atoms with van der Waals surface area (Å²) in [4.78, 5) is 29.3. The van der Waals surface area contributed by atoms with Crippen molar-refractivity contribution in [3.63, 3.8) is 0 Å². The fourth-order valence-corrected chi connectivity index (χ4v) is 4.13. The SMILES string of the molecule is COc1ccc(C2=C(N3CCCC(CO)C3)C(=O)N(c3ccc(F)cc3F)C2=O)cc1. The van der Waals surface area contributed by atoms with Crippen molar-refractivity contribution in [3.8, 4) is 5.75 Å². The van der Waals surface area contributed by atoms with E-state index in [0.29, 0.717) is 30.5 Å². The van der Waals surface area contributed by atoms with Crippen LogP contribution in [-0.2, 0) is 9.59 Å². The Bertz CT molecular complexity index is 1050. The standard InChI is InChI=1S/C23H22F2N2O4/c1-31-17-7-4-15(5-8-17)20-21(26-10-2-3-14(12-26)13-28)23(30)27(22(20)29)19-9-6-16(24)11-18(19)25/h4-9,11,14,28H,2-3,10,12-13H2,1H3. The molecule has 0 aromatic heterocycles. The molecule has 4 rings (SSSR count). The lowest BCUT2D eigenvalue weighted by Crippen LogP contribution is -2.40. The largest absolute Gasteiger partial charge is 0.497 e. The quantitative estimate of drug-likeness (QED) is 0.742. The number of carbonyl (C=O) groups is 2. The Balaban J connectivity index is 1.82. The number of amides is 2. The van der Waals surface area contributed by atoms with Crippen LogP contribution in [0.4, 0.5) is 14.5 Å². The van der Waals surface area contributed by atoms with E-state index < -0.39 is 23.4 Å². The van der Waals surface area contributed by atoms with Crippen LogP contribution in [0.5, 0.6) is 5.75 Å². The zero-order valence-corrected chi connectivity index (χ0v) is 17.0. The molecule has 2 aliphatic heterocycles. The van der Waals surface area contributed by atoms with Gasteiger partial charge in [0.2, 0.25) is 0 Å². The molecule has 8 heteroatoms. The highest BCUT2D eigenvalue weighted by Crippen LogP contribution is 2.37. The number of hydrogen-bond acceptors (Lipinski definition) is 5. The summed E-state index contributed by atoms with van der Waals surface area (Å²) in [6.07, 6.45) is 1.56. The van der Waals surface area contributed by atoms with Crippen molar-refractivity contribution >= 4 is 23.1 Å². The number of imide groups is 1. The Hall–Kier alpha value is -3.26. The molecule has 2 amide bonds. The summed E-state index contributed by atoms with van der Waals surface area (Å²) in [5, 5.41) is 9.60. The fourth-order valence-electron chi connectivity index (χ4n) is 4.13. The first-order valence-corrected chi connectivity index (χ1v) is 10.0. The molecular weight excluding hydrogens is 406 g/mol. The fraction of sp³-hybridized carbons (Fsp3) is 0.304. The number of hydrogen-bond donors (Lipinski definition) is 1. The van der Waals surface area contributed by atoms with Crippen molar-refractivity contribution in [2.75, 3.05) is 31.7 Å². The van der Waals surface area contributed by atoms with Gasteiger partial charge in [-0.3, -0.25) is 9.59 Å². The van der Waals surface area contributed by atoms with Crippen LogP contribution < -0.4 is 9.64 Å². The lowest BCUT2D eigenvalue weighted by Gasteiger charge is -2.34. The van der Waals surface area contributed by atoms with Gasteiger partial charge in [0.25, 0.3) is 11.8 Å². The van der Waals surface area contributed by atoms with Crippen LogP contribution >= 0.6 is 0 Å². The lowest BCUT2D eigenvalue weighted by atomic mass is 9.97. The van der Waals surface area contributed by atoms with Gasteiger partial charge in [-0.2, -0.15) is 0 Å². The Morgan fingerprint density at radius 2 is 1.84 bits per heavy atom. The van der Waals surface area contributed by atoms with Crippen molar-refractivity contribution in [2.45, 2.75) is 12.8 Å². The highest BCUT2D eigenvalue weighted by atomic mass is 19.1. The molecule has 2 aromatic carbocycles. The second-order valence-electron chi connectivity index (χ2n) is 7.63. The monoisotopic (exact) mass is 428 g/mol. The van der Waals surface area contributed by atoms with E-state index in [4.69, 9.17) is 4.74 Å². The van der Waals surface area contributed by atoms with Gasteiger partial charge in [-0.1, -0.05) is 12.1 Å². The zero-order chi connectivity index (χ0) is 22.1. The van der Waals surface area contributed by atoms with E-state index in [-0.39, 0.29) is 29.5 Å². The molecule has 0 radical (unpaired) electrons. The highest BCUT2D eigenvalue weighted by molar-refractivity contribution is 6.45. The molecule has 2 heterocycles. The maximum absolute atomic E-state index is 14.5. The maximum atomic E-state index is 14.5. The number of anilines is 1. The number of likely N-dealkylation sites (tertiary alicyclic amines) is 1. The summed E-state index contributed by atoms with van der Waals surface area (Å²) in [7, 11) is 1.52. The van der Waals surface area contributed by atoms with E-state index in [9.17, 15) is 23.5 Å². The van der Waals surface area contributed by atoms with Crippen LogP contribution in [0.15, 0.2) is 48.2 Å². The van der Waals surface area contributed by atoms with E-state index in [0.717, 1.165) is 29.9 Å². The van der Waals surface area contributed by atoms with Gasteiger partial charge in [-0.25, -0.2) is 13.7 Å². The molecule has 0 saturated carbocycles. The van der Waals surface area contributed by atoms with Gasteiger partial charge in [-0.05, 0) is 48.6 Å². The molecule has 2 aromatic rings. The van der Waals surface area contributed by atoms with Crippen LogP contribution in [0.2, 0.25) is 0 Å². The van der Waals surface area contributed by atoms with Crippen molar-refractivity contribution in [1.82, 2.24) is 4.90 Å². The second-order valence-corrected chi connectivity index (χ2v) is 7.63. The number of piperidine rings is 1. The number of aliphatic hydroxyl groups excluding tert-OH is 1. The Morgan fingerprint density at radius 3 is 2.48 bits per heavy atom. The van der Waals surface area contributed by atoms with Gasteiger partial charge in [0.15, 0.2) is 0 Å². The van der Waals surface area contributed by atoms with E-state index in [1.54, 1.807) is 29.2 Å². The van der Waals surface area contributed by atoms with Gasteiger partial charge < -0.3 is 14.7 Å². The first kappa shape index (κ1) is 21.0.